The molecule has 0 unspecified atom stereocenters. The summed E-state index contributed by atoms with van der Waals surface area (Å²) in [6, 6.07) is 9.68. The fourth-order valence-corrected chi connectivity index (χ4v) is 2.15. The summed E-state index contributed by atoms with van der Waals surface area (Å²) in [5.74, 6) is 1.41. The molecule has 0 bridgehead atoms. The highest BCUT2D eigenvalue weighted by atomic mass is 32.1. The van der Waals surface area contributed by atoms with Crippen LogP contribution in [0, 0.1) is 20.8 Å². The van der Waals surface area contributed by atoms with Gasteiger partial charge in [-0.1, -0.05) is 29.9 Å². The van der Waals surface area contributed by atoms with Crippen molar-refractivity contribution in [3.63, 3.8) is 0 Å². The van der Waals surface area contributed by atoms with Crippen molar-refractivity contribution in [2.75, 3.05) is 0 Å². The number of hydrogen-bond donors (Lipinski definition) is 1. The van der Waals surface area contributed by atoms with E-state index in [-0.39, 0.29) is 0 Å². The molecular weight excluding hydrogens is 256 g/mol. The summed E-state index contributed by atoms with van der Waals surface area (Å²) in [7, 11) is 0. The molecule has 19 heavy (non-hydrogen) atoms. The van der Waals surface area contributed by atoms with Gasteiger partial charge in [-0.25, -0.2) is 0 Å². The van der Waals surface area contributed by atoms with Crippen molar-refractivity contribution in [1.82, 2.24) is 4.98 Å². The molecule has 0 saturated carbocycles. The molecule has 1 heterocycles. The summed E-state index contributed by atoms with van der Waals surface area (Å²) in [5.41, 5.74) is 9.30. The molecule has 0 radical (unpaired) electrons. The van der Waals surface area contributed by atoms with E-state index in [0.717, 1.165) is 17.1 Å². The third-order valence-electron chi connectivity index (χ3n) is 2.79. The second kappa shape index (κ2) is 5.36. The monoisotopic (exact) mass is 272 g/mol. The zero-order valence-corrected chi connectivity index (χ0v) is 12.0. The van der Waals surface area contributed by atoms with Crippen LogP contribution in [-0.2, 0) is 0 Å². The average molecular weight is 272 g/mol. The maximum atomic E-state index is 5.88. The van der Waals surface area contributed by atoms with Gasteiger partial charge in [-0.05, 0) is 32.9 Å². The number of ether oxygens (including phenoxy) is 1. The van der Waals surface area contributed by atoms with Crippen molar-refractivity contribution in [1.29, 1.82) is 0 Å². The van der Waals surface area contributed by atoms with Gasteiger partial charge in [0.1, 0.15) is 16.5 Å². The number of thiocarbonyl (C=S) groups is 1. The summed E-state index contributed by atoms with van der Waals surface area (Å²) < 4.78 is 5.88. The van der Waals surface area contributed by atoms with Gasteiger partial charge in [0.25, 0.3) is 0 Å². The molecule has 4 heteroatoms. The Morgan fingerprint density at radius 2 is 1.79 bits per heavy atom. The van der Waals surface area contributed by atoms with Crippen molar-refractivity contribution < 1.29 is 4.74 Å². The molecular formula is C15H16N2OS. The second-order valence-corrected chi connectivity index (χ2v) is 4.94. The van der Waals surface area contributed by atoms with Crippen molar-refractivity contribution in [3.05, 3.63) is 52.8 Å². The van der Waals surface area contributed by atoms with Crippen LogP contribution in [0.1, 0.15) is 22.5 Å². The van der Waals surface area contributed by atoms with Gasteiger partial charge < -0.3 is 10.5 Å². The molecule has 0 aliphatic rings. The van der Waals surface area contributed by atoms with E-state index in [2.05, 4.69) is 4.98 Å². The molecule has 0 aliphatic carbocycles. The van der Waals surface area contributed by atoms with E-state index < -0.39 is 0 Å². The minimum Gasteiger partial charge on any atom is -0.456 e. The molecule has 0 saturated heterocycles. The van der Waals surface area contributed by atoms with Crippen LogP contribution >= 0.6 is 12.2 Å². The van der Waals surface area contributed by atoms with Gasteiger partial charge >= 0.3 is 0 Å². The summed E-state index contributed by atoms with van der Waals surface area (Å²) in [5, 5.41) is 0. The van der Waals surface area contributed by atoms with E-state index in [1.807, 2.05) is 51.1 Å². The van der Waals surface area contributed by atoms with Gasteiger partial charge in [0, 0.05) is 11.8 Å². The largest absolute Gasteiger partial charge is 0.456 e. The molecule has 0 spiro atoms. The summed E-state index contributed by atoms with van der Waals surface area (Å²) in [6.07, 6.45) is 0. The fourth-order valence-electron chi connectivity index (χ4n) is 1.91. The smallest absolute Gasteiger partial charge is 0.141 e. The van der Waals surface area contributed by atoms with Crippen LogP contribution in [0.25, 0.3) is 0 Å². The number of aromatic nitrogens is 1. The van der Waals surface area contributed by atoms with Gasteiger partial charge in [0.05, 0.1) is 11.3 Å². The fraction of sp³-hybridized carbons (Fsp3) is 0.200. The highest BCUT2D eigenvalue weighted by Crippen LogP contribution is 2.27. The minimum atomic E-state index is 0.298. The van der Waals surface area contributed by atoms with Crippen LogP contribution < -0.4 is 10.5 Å². The van der Waals surface area contributed by atoms with Gasteiger partial charge in [0.15, 0.2) is 0 Å². The molecule has 0 aliphatic heterocycles. The lowest BCUT2D eigenvalue weighted by molar-refractivity contribution is 0.479. The van der Waals surface area contributed by atoms with Gasteiger partial charge in [0.2, 0.25) is 0 Å². The highest BCUT2D eigenvalue weighted by Gasteiger charge is 2.13. The number of nitrogens with zero attached hydrogens (tertiary/aromatic N) is 1. The Labute approximate surface area is 118 Å². The molecule has 0 amide bonds. The first kappa shape index (κ1) is 13.5. The quantitative estimate of drug-likeness (QED) is 0.870. The zero-order valence-electron chi connectivity index (χ0n) is 11.2. The Bertz CT molecular complexity index is 621. The first-order valence-electron chi connectivity index (χ1n) is 6.00. The van der Waals surface area contributed by atoms with Gasteiger partial charge in [-0.15, -0.1) is 0 Å². The molecule has 0 fully saturated rings. The summed E-state index contributed by atoms with van der Waals surface area (Å²) in [6.45, 7) is 5.83. The van der Waals surface area contributed by atoms with Crippen LogP contribution in [0.15, 0.2) is 30.3 Å². The first-order chi connectivity index (χ1) is 8.97. The minimum absolute atomic E-state index is 0.298. The average Bonchev–Trinajstić information content (AvgIpc) is 2.30. The maximum absolute atomic E-state index is 5.88. The molecule has 2 rings (SSSR count). The normalized spacial score (nSPS) is 10.3. The molecule has 0 atom stereocenters. The predicted octanol–water partition coefficient (Wildman–Crippen LogP) is 3.43. The topological polar surface area (TPSA) is 48.1 Å². The number of pyridine rings is 1. The standard InChI is InChI=1S/C15H16N2OS/c1-9-4-6-12(7-5-9)18-13-8-10(2)17-11(3)14(13)15(16)19/h4-8H,1-3H3,(H2,16,19). The molecule has 2 N–H and O–H groups in total. The molecule has 98 valence electrons. The van der Waals surface area contributed by atoms with Gasteiger partial charge in [-0.3, -0.25) is 4.98 Å². The Morgan fingerprint density at radius 1 is 1.16 bits per heavy atom. The number of rotatable bonds is 3. The van der Waals surface area contributed by atoms with E-state index in [4.69, 9.17) is 22.7 Å². The van der Waals surface area contributed by atoms with E-state index >= 15 is 0 Å². The Morgan fingerprint density at radius 3 is 2.37 bits per heavy atom. The lowest BCUT2D eigenvalue weighted by Gasteiger charge is -2.13. The molecule has 1 aromatic carbocycles. The number of hydrogen-bond acceptors (Lipinski definition) is 3. The Kier molecular flexibility index (Phi) is 3.81. The number of benzene rings is 1. The summed E-state index contributed by atoms with van der Waals surface area (Å²) >= 11 is 5.08. The molecule has 3 nitrogen and oxygen atoms in total. The number of aryl methyl sites for hydroxylation is 3. The van der Waals surface area contributed by atoms with E-state index in [0.29, 0.717) is 16.3 Å². The van der Waals surface area contributed by atoms with Crippen molar-refractivity contribution >= 4 is 17.2 Å². The second-order valence-electron chi connectivity index (χ2n) is 4.50. The Hall–Kier alpha value is -1.94. The zero-order chi connectivity index (χ0) is 14.0. The molecule has 1 aromatic heterocycles. The third kappa shape index (κ3) is 3.09. The first-order valence-corrected chi connectivity index (χ1v) is 6.41. The van der Waals surface area contributed by atoms with Crippen LogP contribution in [0.5, 0.6) is 11.5 Å². The van der Waals surface area contributed by atoms with Crippen molar-refractivity contribution in [2.45, 2.75) is 20.8 Å². The third-order valence-corrected chi connectivity index (χ3v) is 2.99. The lowest BCUT2D eigenvalue weighted by atomic mass is 10.1. The highest BCUT2D eigenvalue weighted by molar-refractivity contribution is 7.80. The van der Waals surface area contributed by atoms with Crippen LogP contribution in [0.4, 0.5) is 0 Å². The van der Waals surface area contributed by atoms with Crippen LogP contribution in [0.2, 0.25) is 0 Å². The number of nitrogens with two attached hydrogens (primary N) is 1. The predicted molar refractivity (Wildman–Crippen MR) is 80.9 cm³/mol. The summed E-state index contributed by atoms with van der Waals surface area (Å²) in [4.78, 5) is 4.66. The lowest BCUT2D eigenvalue weighted by Crippen LogP contribution is -2.14. The van der Waals surface area contributed by atoms with E-state index in [1.165, 1.54) is 5.56 Å². The van der Waals surface area contributed by atoms with E-state index in [9.17, 15) is 0 Å². The Balaban J connectivity index is 2.44. The van der Waals surface area contributed by atoms with E-state index in [1.54, 1.807) is 0 Å². The van der Waals surface area contributed by atoms with Crippen LogP contribution in [-0.4, -0.2) is 9.97 Å². The SMILES string of the molecule is Cc1ccc(Oc2cc(C)nc(C)c2C(N)=S)cc1. The van der Waals surface area contributed by atoms with Gasteiger partial charge in [-0.2, -0.15) is 0 Å². The van der Waals surface area contributed by atoms with Crippen LogP contribution in [0.3, 0.4) is 0 Å². The van der Waals surface area contributed by atoms with Crippen molar-refractivity contribution in [3.8, 4) is 11.5 Å². The van der Waals surface area contributed by atoms with Crippen molar-refractivity contribution in [2.24, 2.45) is 5.73 Å². The molecule has 2 aromatic rings. The maximum Gasteiger partial charge on any atom is 0.141 e.